The van der Waals surface area contributed by atoms with E-state index in [1.165, 1.54) is 0 Å². The number of hydrogen-bond acceptors (Lipinski definition) is 5. The molecular formula is C18H19BrN6O2. The van der Waals surface area contributed by atoms with Gasteiger partial charge in [-0.25, -0.2) is 9.50 Å². The molecule has 2 N–H and O–H groups in total. The molecule has 2 amide bonds. The van der Waals surface area contributed by atoms with Crippen LogP contribution in [0.5, 0.6) is 0 Å². The van der Waals surface area contributed by atoms with Crippen LogP contribution < -0.4 is 10.6 Å². The van der Waals surface area contributed by atoms with Crippen LogP contribution in [0, 0.1) is 20.8 Å². The van der Waals surface area contributed by atoms with Gasteiger partial charge in [0.2, 0.25) is 11.8 Å². The largest absolute Gasteiger partial charge is 0.347 e. The molecule has 0 saturated heterocycles. The first-order valence-electron chi connectivity index (χ1n) is 8.34. The van der Waals surface area contributed by atoms with Gasteiger partial charge in [0.25, 0.3) is 5.78 Å². The normalized spacial score (nSPS) is 10.8. The molecule has 8 nitrogen and oxygen atoms in total. The molecule has 2 aromatic heterocycles. The van der Waals surface area contributed by atoms with Crippen molar-refractivity contribution in [3.05, 3.63) is 51.5 Å². The van der Waals surface area contributed by atoms with Crippen LogP contribution in [0.3, 0.4) is 0 Å². The van der Waals surface area contributed by atoms with Crippen molar-refractivity contribution in [2.24, 2.45) is 0 Å². The van der Waals surface area contributed by atoms with Crippen LogP contribution in [-0.2, 0) is 16.0 Å². The summed E-state index contributed by atoms with van der Waals surface area (Å²) in [6.45, 7) is 5.58. The van der Waals surface area contributed by atoms with Gasteiger partial charge in [0.1, 0.15) is 0 Å². The Hall–Kier alpha value is -2.81. The van der Waals surface area contributed by atoms with E-state index in [1.54, 1.807) is 10.6 Å². The quantitative estimate of drug-likeness (QED) is 0.645. The van der Waals surface area contributed by atoms with Gasteiger partial charge in [-0.15, -0.1) is 5.10 Å². The summed E-state index contributed by atoms with van der Waals surface area (Å²) in [5.41, 5.74) is 3.41. The number of hydrogen-bond donors (Lipinski definition) is 2. The summed E-state index contributed by atoms with van der Waals surface area (Å²) < 4.78 is 2.56. The number of rotatable bonds is 5. The minimum Gasteiger partial charge on any atom is -0.347 e. The van der Waals surface area contributed by atoms with Gasteiger partial charge in [-0.05, 0) is 50.6 Å². The van der Waals surface area contributed by atoms with Gasteiger partial charge in [-0.3, -0.25) is 9.59 Å². The summed E-state index contributed by atoms with van der Waals surface area (Å²) in [5, 5.41) is 9.61. The van der Waals surface area contributed by atoms with Gasteiger partial charge in [-0.2, -0.15) is 4.98 Å². The highest BCUT2D eigenvalue weighted by atomic mass is 79.9. The minimum atomic E-state index is -0.331. The lowest BCUT2D eigenvalue weighted by Crippen LogP contribution is -2.34. The number of aryl methyl sites for hydroxylation is 3. The summed E-state index contributed by atoms with van der Waals surface area (Å²) in [6, 6.07) is 7.38. The predicted molar refractivity (Wildman–Crippen MR) is 104 cm³/mol. The Morgan fingerprint density at radius 3 is 2.63 bits per heavy atom. The third-order valence-corrected chi connectivity index (χ3v) is 4.76. The lowest BCUT2D eigenvalue weighted by molar-refractivity contribution is -0.123. The van der Waals surface area contributed by atoms with Crippen molar-refractivity contribution in [3.8, 4) is 0 Å². The molecule has 0 atom stereocenters. The van der Waals surface area contributed by atoms with E-state index < -0.39 is 0 Å². The minimum absolute atomic E-state index is 0.0213. The monoisotopic (exact) mass is 430 g/mol. The van der Waals surface area contributed by atoms with Crippen LogP contribution in [0.15, 0.2) is 28.7 Å². The molecule has 140 valence electrons. The molecule has 0 bridgehead atoms. The highest BCUT2D eigenvalue weighted by Crippen LogP contribution is 2.19. The van der Waals surface area contributed by atoms with Crippen LogP contribution in [0.25, 0.3) is 5.78 Å². The molecule has 0 aliphatic rings. The summed E-state index contributed by atoms with van der Waals surface area (Å²) in [7, 11) is 0. The van der Waals surface area contributed by atoms with Crippen molar-refractivity contribution < 1.29 is 9.59 Å². The Labute approximate surface area is 164 Å². The molecule has 9 heteroatoms. The van der Waals surface area contributed by atoms with Crippen molar-refractivity contribution >= 4 is 39.2 Å². The smallest absolute Gasteiger partial charge is 0.252 e. The summed E-state index contributed by atoms with van der Waals surface area (Å²) in [5.74, 6) is 0.180. The Balaban J connectivity index is 1.55. The van der Waals surface area contributed by atoms with Crippen LogP contribution in [0.1, 0.15) is 22.8 Å². The summed E-state index contributed by atoms with van der Waals surface area (Å²) in [6.07, 6.45) is -0.0213. The van der Waals surface area contributed by atoms with Gasteiger partial charge in [0.15, 0.2) is 5.82 Å². The van der Waals surface area contributed by atoms with E-state index in [2.05, 4.69) is 41.6 Å². The van der Waals surface area contributed by atoms with Gasteiger partial charge in [-0.1, -0.05) is 15.9 Å². The number of fused-ring (bicyclic) bond motifs is 1. The average Bonchev–Trinajstić information content (AvgIpc) is 2.99. The van der Waals surface area contributed by atoms with Crippen LogP contribution in [-0.4, -0.2) is 37.9 Å². The fourth-order valence-electron chi connectivity index (χ4n) is 2.60. The van der Waals surface area contributed by atoms with Gasteiger partial charge < -0.3 is 10.6 Å². The number of carbonyl (C=O) groups excluding carboxylic acids is 2. The van der Waals surface area contributed by atoms with Crippen molar-refractivity contribution in [1.82, 2.24) is 24.9 Å². The summed E-state index contributed by atoms with van der Waals surface area (Å²) >= 11 is 3.41. The Kier molecular flexibility index (Phi) is 5.50. The third kappa shape index (κ3) is 4.68. The van der Waals surface area contributed by atoms with Gasteiger partial charge >= 0.3 is 0 Å². The fourth-order valence-corrected chi connectivity index (χ4v) is 2.84. The second kappa shape index (κ2) is 7.83. The number of halogens is 1. The molecule has 0 aliphatic carbocycles. The molecule has 0 unspecified atom stereocenters. The van der Waals surface area contributed by atoms with E-state index in [4.69, 9.17) is 0 Å². The summed E-state index contributed by atoms with van der Waals surface area (Å²) in [4.78, 5) is 32.6. The van der Waals surface area contributed by atoms with E-state index in [9.17, 15) is 9.59 Å². The zero-order valence-corrected chi connectivity index (χ0v) is 16.8. The van der Waals surface area contributed by atoms with Gasteiger partial charge in [0.05, 0.1) is 13.0 Å². The van der Waals surface area contributed by atoms with Crippen LogP contribution in [0.2, 0.25) is 0 Å². The molecule has 2 heterocycles. The molecule has 3 rings (SSSR count). The maximum Gasteiger partial charge on any atom is 0.252 e. The highest BCUT2D eigenvalue weighted by molar-refractivity contribution is 9.10. The van der Waals surface area contributed by atoms with Crippen LogP contribution in [0.4, 0.5) is 5.69 Å². The molecule has 0 aliphatic heterocycles. The average molecular weight is 431 g/mol. The van der Waals surface area contributed by atoms with Crippen molar-refractivity contribution in [2.75, 3.05) is 11.9 Å². The molecule has 0 saturated carbocycles. The fraction of sp³-hybridized carbons (Fsp3) is 0.278. The maximum absolute atomic E-state index is 12.1. The van der Waals surface area contributed by atoms with E-state index in [0.29, 0.717) is 17.3 Å². The molecule has 0 radical (unpaired) electrons. The highest BCUT2D eigenvalue weighted by Gasteiger charge is 2.13. The van der Waals surface area contributed by atoms with E-state index in [0.717, 1.165) is 21.4 Å². The second-order valence-corrected chi connectivity index (χ2v) is 7.10. The molecule has 27 heavy (non-hydrogen) atoms. The first kappa shape index (κ1) is 19.0. The SMILES string of the molecule is Cc1cc(C)n2nc(CC(=O)NCC(=O)Nc3ccc(Br)c(C)c3)nc2n1. The molecule has 0 spiro atoms. The first-order valence-corrected chi connectivity index (χ1v) is 9.14. The third-order valence-electron chi connectivity index (χ3n) is 3.87. The van der Waals surface area contributed by atoms with E-state index in [1.807, 2.05) is 39.0 Å². The number of nitrogens with zero attached hydrogens (tertiary/aromatic N) is 4. The Morgan fingerprint density at radius 1 is 1.11 bits per heavy atom. The standard InChI is InChI=1S/C18H19BrN6O2/c1-10-6-13(4-5-14(10)19)22-17(27)9-20-16(26)8-15-23-18-21-11(2)7-12(3)25(18)24-15/h4-7H,8-9H2,1-3H3,(H,20,26)(H,22,27). The topological polar surface area (TPSA) is 101 Å². The van der Waals surface area contributed by atoms with E-state index in [-0.39, 0.29) is 24.8 Å². The molecule has 0 fully saturated rings. The lowest BCUT2D eigenvalue weighted by Gasteiger charge is -2.08. The van der Waals surface area contributed by atoms with E-state index >= 15 is 0 Å². The molecular weight excluding hydrogens is 412 g/mol. The number of amides is 2. The Morgan fingerprint density at radius 2 is 1.89 bits per heavy atom. The number of carbonyl (C=O) groups is 2. The Bertz CT molecular complexity index is 1030. The number of anilines is 1. The van der Waals surface area contributed by atoms with Crippen molar-refractivity contribution in [3.63, 3.8) is 0 Å². The number of aromatic nitrogens is 4. The zero-order chi connectivity index (χ0) is 19.6. The van der Waals surface area contributed by atoms with Crippen molar-refractivity contribution in [1.29, 1.82) is 0 Å². The molecule has 1 aromatic carbocycles. The van der Waals surface area contributed by atoms with Gasteiger partial charge in [0, 0.05) is 21.5 Å². The lowest BCUT2D eigenvalue weighted by atomic mass is 10.2. The second-order valence-electron chi connectivity index (χ2n) is 6.24. The molecule has 3 aromatic rings. The number of benzene rings is 1. The first-order chi connectivity index (χ1) is 12.8. The predicted octanol–water partition coefficient (Wildman–Crippen LogP) is 2.11. The zero-order valence-electron chi connectivity index (χ0n) is 15.2. The van der Waals surface area contributed by atoms with Crippen molar-refractivity contribution in [2.45, 2.75) is 27.2 Å². The van der Waals surface area contributed by atoms with Crippen LogP contribution >= 0.6 is 15.9 Å². The number of nitrogens with one attached hydrogen (secondary N) is 2. The maximum atomic E-state index is 12.1.